The van der Waals surface area contributed by atoms with Gasteiger partial charge in [0.05, 0.1) is 28.7 Å². The van der Waals surface area contributed by atoms with Gasteiger partial charge in [0.1, 0.15) is 11.5 Å². The first-order valence-corrected chi connectivity index (χ1v) is 10.3. The van der Waals surface area contributed by atoms with Gasteiger partial charge in [-0.15, -0.1) is 0 Å². The van der Waals surface area contributed by atoms with Crippen molar-refractivity contribution in [1.82, 2.24) is 0 Å². The van der Waals surface area contributed by atoms with Gasteiger partial charge in [-0.3, -0.25) is 14.9 Å². The van der Waals surface area contributed by atoms with Gasteiger partial charge in [0.25, 0.3) is 5.69 Å². The number of ketones is 1. The fraction of sp³-hybridized carbons (Fsp3) is 0.0741. The number of aromatic hydroxyl groups is 1. The van der Waals surface area contributed by atoms with Crippen LogP contribution in [0.25, 0.3) is 22.3 Å². The van der Waals surface area contributed by atoms with Crippen molar-refractivity contribution < 1.29 is 19.6 Å². The van der Waals surface area contributed by atoms with Crippen molar-refractivity contribution >= 4 is 11.5 Å². The second kappa shape index (κ2) is 8.96. The Balaban J connectivity index is 2.07. The number of phenols is 1. The number of ether oxygens (including phenoxy) is 1. The van der Waals surface area contributed by atoms with Crippen molar-refractivity contribution in [2.75, 3.05) is 7.11 Å². The molecule has 0 fully saturated rings. The molecule has 0 heterocycles. The Morgan fingerprint density at radius 3 is 2.12 bits per heavy atom. The van der Waals surface area contributed by atoms with Crippen LogP contribution in [0.3, 0.4) is 0 Å². The Kier molecular flexibility index (Phi) is 5.91. The number of nitro benzene ring substituents is 1. The van der Waals surface area contributed by atoms with Crippen molar-refractivity contribution in [3.63, 3.8) is 0 Å². The number of methoxy groups -OCH3 is 1. The van der Waals surface area contributed by atoms with Gasteiger partial charge >= 0.3 is 0 Å². The third-order valence-electron chi connectivity index (χ3n) is 5.47. The molecule has 6 nitrogen and oxygen atoms in total. The highest BCUT2D eigenvalue weighted by molar-refractivity contribution is 6.17. The minimum atomic E-state index is -0.507. The molecule has 0 saturated carbocycles. The number of nitro groups is 1. The number of hydrogen-bond acceptors (Lipinski definition) is 5. The molecule has 0 aliphatic rings. The van der Waals surface area contributed by atoms with Crippen molar-refractivity contribution in [2.24, 2.45) is 0 Å². The van der Waals surface area contributed by atoms with Crippen LogP contribution in [-0.2, 0) is 0 Å². The van der Waals surface area contributed by atoms with E-state index in [1.807, 2.05) is 6.92 Å². The van der Waals surface area contributed by atoms with Crippen molar-refractivity contribution in [3.05, 3.63) is 112 Å². The van der Waals surface area contributed by atoms with Gasteiger partial charge in [0, 0.05) is 5.56 Å². The molecule has 0 unspecified atom stereocenters. The van der Waals surface area contributed by atoms with E-state index < -0.39 is 10.7 Å². The number of benzene rings is 4. The van der Waals surface area contributed by atoms with Crippen LogP contribution in [0.1, 0.15) is 21.5 Å². The molecule has 0 radical (unpaired) electrons. The maximum atomic E-state index is 13.5. The average Bonchev–Trinajstić information content (AvgIpc) is 2.84. The lowest BCUT2D eigenvalue weighted by Gasteiger charge is -2.16. The summed E-state index contributed by atoms with van der Waals surface area (Å²) in [4.78, 5) is 25.4. The molecule has 0 aliphatic heterocycles. The molecule has 0 atom stereocenters. The maximum absolute atomic E-state index is 13.5. The summed E-state index contributed by atoms with van der Waals surface area (Å²) in [5, 5.41) is 23.4. The van der Waals surface area contributed by atoms with E-state index in [9.17, 15) is 20.0 Å². The van der Waals surface area contributed by atoms with E-state index in [0.29, 0.717) is 22.4 Å². The van der Waals surface area contributed by atoms with Crippen LogP contribution >= 0.6 is 0 Å². The Hall–Kier alpha value is -4.45. The fourth-order valence-corrected chi connectivity index (χ4v) is 3.80. The predicted octanol–water partition coefficient (Wildman–Crippen LogP) is 6.18. The molecule has 4 aromatic rings. The minimum absolute atomic E-state index is 0.0621. The normalized spacial score (nSPS) is 10.6. The summed E-state index contributed by atoms with van der Waals surface area (Å²) < 4.78 is 5.21. The fourth-order valence-electron chi connectivity index (χ4n) is 3.80. The van der Waals surface area contributed by atoms with Crippen LogP contribution in [0.15, 0.2) is 84.9 Å². The van der Waals surface area contributed by atoms with Gasteiger partial charge < -0.3 is 9.84 Å². The van der Waals surface area contributed by atoms with Gasteiger partial charge in [-0.1, -0.05) is 72.3 Å². The lowest BCUT2D eigenvalue weighted by Crippen LogP contribution is -2.08. The van der Waals surface area contributed by atoms with E-state index in [4.69, 9.17) is 4.74 Å². The molecule has 4 aromatic carbocycles. The second-order valence-corrected chi connectivity index (χ2v) is 7.59. The highest BCUT2D eigenvalue weighted by atomic mass is 16.6. The van der Waals surface area contributed by atoms with E-state index in [1.165, 1.54) is 13.2 Å². The van der Waals surface area contributed by atoms with Crippen LogP contribution in [0, 0.1) is 17.0 Å². The molecule has 1 N–H and O–H groups in total. The molecule has 0 saturated heterocycles. The predicted molar refractivity (Wildman–Crippen MR) is 127 cm³/mol. The van der Waals surface area contributed by atoms with E-state index in [0.717, 1.165) is 5.56 Å². The number of phenolic OH excluding ortho intramolecular Hbond substituents is 1. The smallest absolute Gasteiger partial charge is 0.285 e. The summed E-state index contributed by atoms with van der Waals surface area (Å²) in [5.41, 5.74) is 2.20. The number of hydrogen-bond donors (Lipinski definition) is 1. The molecule has 0 aromatic heterocycles. The number of aryl methyl sites for hydroxylation is 1. The molecule has 0 amide bonds. The highest BCUT2D eigenvalue weighted by Gasteiger charge is 2.31. The van der Waals surface area contributed by atoms with Gasteiger partial charge in [0.2, 0.25) is 0 Å². The van der Waals surface area contributed by atoms with Gasteiger partial charge in [-0.2, -0.15) is 0 Å². The Morgan fingerprint density at radius 2 is 1.55 bits per heavy atom. The Bertz CT molecular complexity index is 1330. The third-order valence-corrected chi connectivity index (χ3v) is 5.47. The van der Waals surface area contributed by atoms with Crippen molar-refractivity contribution in [2.45, 2.75) is 6.92 Å². The number of carbonyl (C=O) groups is 1. The van der Waals surface area contributed by atoms with E-state index in [2.05, 4.69) is 0 Å². The molecule has 4 rings (SSSR count). The van der Waals surface area contributed by atoms with Crippen LogP contribution in [0.4, 0.5) is 5.69 Å². The number of rotatable bonds is 6. The Labute approximate surface area is 190 Å². The number of nitrogens with zero attached hydrogens (tertiary/aromatic N) is 1. The maximum Gasteiger partial charge on any atom is 0.285 e. The largest absolute Gasteiger partial charge is 0.507 e. The first-order valence-electron chi connectivity index (χ1n) is 10.3. The summed E-state index contributed by atoms with van der Waals surface area (Å²) in [6.45, 7) is 1.90. The zero-order valence-corrected chi connectivity index (χ0v) is 18.1. The standard InChI is InChI=1S/C27H21NO5/c1-17-8-10-20(11-9-17)27(30)25-23(29)16-22(18-6-4-3-5-7-18)26(28(31)32)24(25)19-12-14-21(33-2)15-13-19/h3-16,29H,1-2H3. The molecule has 164 valence electrons. The Morgan fingerprint density at radius 1 is 0.909 bits per heavy atom. The first-order chi connectivity index (χ1) is 15.9. The summed E-state index contributed by atoms with van der Waals surface area (Å²) in [5.74, 6) is -0.256. The molecule has 33 heavy (non-hydrogen) atoms. The molecule has 0 aliphatic carbocycles. The number of carbonyl (C=O) groups excluding carboxylic acids is 1. The average molecular weight is 439 g/mol. The SMILES string of the molecule is COc1ccc(-c2c(C(=O)c3ccc(C)cc3)c(O)cc(-c3ccccc3)c2[N+](=O)[O-])cc1. The quantitative estimate of drug-likeness (QED) is 0.220. The molecule has 0 bridgehead atoms. The molecule has 6 heteroatoms. The van der Waals surface area contributed by atoms with Crippen molar-refractivity contribution in [1.29, 1.82) is 0 Å². The van der Waals surface area contributed by atoms with E-state index in [1.54, 1.807) is 78.9 Å². The minimum Gasteiger partial charge on any atom is -0.507 e. The van der Waals surface area contributed by atoms with Gasteiger partial charge in [-0.05, 0) is 36.2 Å². The van der Waals surface area contributed by atoms with Crippen molar-refractivity contribution in [3.8, 4) is 33.8 Å². The van der Waals surface area contributed by atoms with Crippen LogP contribution in [0.5, 0.6) is 11.5 Å². The summed E-state index contributed by atoms with van der Waals surface area (Å²) in [6, 6.07) is 23.5. The van der Waals surface area contributed by atoms with E-state index in [-0.39, 0.29) is 28.1 Å². The lowest BCUT2D eigenvalue weighted by atomic mass is 9.87. The zero-order valence-electron chi connectivity index (χ0n) is 18.1. The van der Waals surface area contributed by atoms with Crippen LogP contribution in [-0.4, -0.2) is 22.9 Å². The highest BCUT2D eigenvalue weighted by Crippen LogP contribution is 2.46. The monoisotopic (exact) mass is 439 g/mol. The summed E-state index contributed by atoms with van der Waals surface area (Å²) in [6.07, 6.45) is 0. The summed E-state index contributed by atoms with van der Waals surface area (Å²) in [7, 11) is 1.52. The summed E-state index contributed by atoms with van der Waals surface area (Å²) >= 11 is 0. The topological polar surface area (TPSA) is 89.7 Å². The lowest BCUT2D eigenvalue weighted by molar-refractivity contribution is -0.383. The molecular weight excluding hydrogens is 418 g/mol. The molecule has 0 spiro atoms. The second-order valence-electron chi connectivity index (χ2n) is 7.59. The zero-order chi connectivity index (χ0) is 23.5. The van der Waals surface area contributed by atoms with Gasteiger partial charge in [0.15, 0.2) is 5.78 Å². The van der Waals surface area contributed by atoms with E-state index >= 15 is 0 Å². The van der Waals surface area contributed by atoms with Crippen LogP contribution < -0.4 is 4.74 Å². The van der Waals surface area contributed by atoms with Crippen LogP contribution in [0.2, 0.25) is 0 Å². The first kappa shape index (κ1) is 21.8. The molecular formula is C27H21NO5. The third kappa shape index (κ3) is 4.19. The van der Waals surface area contributed by atoms with Gasteiger partial charge in [-0.25, -0.2) is 0 Å².